The second kappa shape index (κ2) is 10.7. The first-order chi connectivity index (χ1) is 11.6. The number of carbonyl (C=O) groups excluding carboxylic acids is 1. The van der Waals surface area contributed by atoms with Gasteiger partial charge in [-0.3, -0.25) is 0 Å². The molecule has 0 unspecified atom stereocenters. The van der Waals surface area contributed by atoms with Crippen molar-refractivity contribution < 1.29 is 24.5 Å². The molecule has 8 nitrogen and oxygen atoms in total. The van der Waals surface area contributed by atoms with Crippen molar-refractivity contribution in [1.82, 2.24) is 0 Å². The van der Waals surface area contributed by atoms with Crippen LogP contribution >= 0.6 is 0 Å². The molecule has 0 radical (unpaired) electrons. The van der Waals surface area contributed by atoms with Gasteiger partial charge in [0, 0.05) is 17.4 Å². The maximum absolute atomic E-state index is 11.5. The predicted molar refractivity (Wildman–Crippen MR) is 87.5 cm³/mol. The van der Waals surface area contributed by atoms with E-state index in [1.165, 1.54) is 26.2 Å². The molecule has 0 amide bonds. The number of rotatable bonds is 6. The Morgan fingerprint density at radius 1 is 1.54 bits per heavy atom. The van der Waals surface area contributed by atoms with Crippen molar-refractivity contribution in [2.45, 2.75) is 38.9 Å². The van der Waals surface area contributed by atoms with E-state index in [-0.39, 0.29) is 18.4 Å². The quantitative estimate of drug-likeness (QED) is 0.192. The summed E-state index contributed by atoms with van der Waals surface area (Å²) in [6, 6.07) is 0. The van der Waals surface area contributed by atoms with Crippen molar-refractivity contribution in [3.05, 3.63) is 33.9 Å². The van der Waals surface area contributed by atoms with E-state index in [4.69, 9.17) is 15.4 Å². The second-order valence-corrected chi connectivity index (χ2v) is 5.56. The molecule has 0 aromatic heterocycles. The first-order valence-corrected chi connectivity index (χ1v) is 8.03. The van der Waals surface area contributed by atoms with Crippen molar-refractivity contribution in [2.75, 3.05) is 20.3 Å². The number of nitrogens with zero attached hydrogens (tertiary/aromatic N) is 3. The highest BCUT2D eigenvalue weighted by Gasteiger charge is 2.43. The van der Waals surface area contributed by atoms with Gasteiger partial charge in [0.25, 0.3) is 0 Å². The average Bonchev–Trinajstić information content (AvgIpc) is 3.04. The summed E-state index contributed by atoms with van der Waals surface area (Å²) >= 11 is 0. The molecule has 1 heterocycles. The third-order valence-electron chi connectivity index (χ3n) is 4.07. The Morgan fingerprint density at radius 2 is 2.29 bits per heavy atom. The summed E-state index contributed by atoms with van der Waals surface area (Å²) in [7, 11) is 1.30. The molecular weight excluding hydrogens is 314 g/mol. The number of fused-ring (bicyclic) bond motifs is 1. The molecule has 1 aliphatic carbocycles. The Labute approximate surface area is 141 Å². The topological polar surface area (TPSA) is 125 Å². The van der Waals surface area contributed by atoms with Crippen LogP contribution in [0.4, 0.5) is 0 Å². The van der Waals surface area contributed by atoms with E-state index in [2.05, 4.69) is 21.7 Å². The molecule has 134 valence electrons. The molecule has 0 fully saturated rings. The van der Waals surface area contributed by atoms with Crippen LogP contribution in [0.2, 0.25) is 0 Å². The first-order valence-electron chi connectivity index (χ1n) is 8.03. The summed E-state index contributed by atoms with van der Waals surface area (Å²) in [5.74, 6) is -0.947. The molecule has 2 N–H and O–H groups in total. The first kappa shape index (κ1) is 20.0. The molecule has 1 aliphatic heterocycles. The fourth-order valence-electron chi connectivity index (χ4n) is 2.80. The van der Waals surface area contributed by atoms with Crippen molar-refractivity contribution in [2.24, 2.45) is 17.0 Å². The van der Waals surface area contributed by atoms with Crippen LogP contribution in [-0.4, -0.2) is 42.7 Å². The smallest absolute Gasteiger partial charge is 0.337 e. The summed E-state index contributed by atoms with van der Waals surface area (Å²) < 4.78 is 9.65. The molecule has 3 atom stereocenters. The monoisotopic (exact) mass is 339 g/mol. The van der Waals surface area contributed by atoms with Crippen LogP contribution in [0.15, 0.2) is 28.6 Å². The van der Waals surface area contributed by atoms with E-state index < -0.39 is 12.3 Å². The molecular formula is C16H25N3O5. The van der Waals surface area contributed by atoms with E-state index in [1.807, 2.05) is 6.08 Å². The largest absolute Gasteiger partial charge is 0.472 e. The van der Waals surface area contributed by atoms with Gasteiger partial charge in [0.1, 0.15) is 0 Å². The summed E-state index contributed by atoms with van der Waals surface area (Å²) in [4.78, 5) is 14.1. The Hall–Kier alpha value is -2.02. The van der Waals surface area contributed by atoms with Gasteiger partial charge in [-0.2, -0.15) is 0 Å². The van der Waals surface area contributed by atoms with Crippen molar-refractivity contribution in [3.63, 3.8) is 0 Å². The van der Waals surface area contributed by atoms with Crippen LogP contribution in [0.3, 0.4) is 0 Å². The van der Waals surface area contributed by atoms with Crippen LogP contribution in [0, 0.1) is 11.8 Å². The Bertz CT molecular complexity index is 526. The average molecular weight is 339 g/mol. The number of hydrogen-bond acceptors (Lipinski definition) is 6. The summed E-state index contributed by atoms with van der Waals surface area (Å²) in [5.41, 5.74) is 8.95. The minimum Gasteiger partial charge on any atom is -0.472 e. The van der Waals surface area contributed by atoms with Gasteiger partial charge in [-0.25, -0.2) is 4.79 Å². The number of azide groups is 1. The number of methoxy groups -OCH3 is 1. The van der Waals surface area contributed by atoms with Gasteiger partial charge in [-0.05, 0) is 23.9 Å². The number of allylic oxidation sites excluding steroid dienone is 1. The summed E-state index contributed by atoms with van der Waals surface area (Å²) in [5, 5.41) is 22.2. The number of ether oxygens (including phenoxy) is 2. The number of aliphatic hydroxyl groups is 2. The van der Waals surface area contributed by atoms with Gasteiger partial charge in [-0.1, -0.05) is 31.0 Å². The third-order valence-corrected chi connectivity index (χ3v) is 4.07. The zero-order chi connectivity index (χ0) is 17.9. The molecule has 0 bridgehead atoms. The summed E-state index contributed by atoms with van der Waals surface area (Å²) in [6.07, 6.45) is 6.08. The Balaban J connectivity index is 0.000000307. The Kier molecular flexibility index (Phi) is 8.93. The molecule has 0 saturated heterocycles. The molecule has 0 spiro atoms. The van der Waals surface area contributed by atoms with Crippen LogP contribution < -0.4 is 0 Å². The fraction of sp³-hybridized carbons (Fsp3) is 0.688. The highest BCUT2D eigenvalue weighted by atomic mass is 16.6. The number of esters is 1. The number of carbonyl (C=O) groups is 1. The molecule has 2 rings (SSSR count). The predicted octanol–water partition coefficient (Wildman–Crippen LogP) is 2.43. The van der Waals surface area contributed by atoms with Crippen molar-refractivity contribution in [3.8, 4) is 0 Å². The zero-order valence-corrected chi connectivity index (χ0v) is 14.1. The van der Waals surface area contributed by atoms with E-state index >= 15 is 0 Å². The van der Waals surface area contributed by atoms with E-state index in [9.17, 15) is 9.90 Å². The lowest BCUT2D eigenvalue weighted by Gasteiger charge is -2.31. The second-order valence-electron chi connectivity index (χ2n) is 5.56. The number of unbranched alkanes of at least 4 members (excludes halogenated alkanes) is 2. The van der Waals surface area contributed by atoms with Gasteiger partial charge in [0.05, 0.1) is 31.5 Å². The van der Waals surface area contributed by atoms with Crippen LogP contribution in [0.5, 0.6) is 0 Å². The van der Waals surface area contributed by atoms with Gasteiger partial charge < -0.3 is 19.7 Å². The minimum absolute atomic E-state index is 0.129. The van der Waals surface area contributed by atoms with Crippen molar-refractivity contribution >= 4 is 5.97 Å². The molecule has 0 saturated carbocycles. The maximum Gasteiger partial charge on any atom is 0.337 e. The lowest BCUT2D eigenvalue weighted by molar-refractivity contribution is -0.141. The molecule has 0 aromatic rings. The highest BCUT2D eigenvalue weighted by molar-refractivity contribution is 5.89. The molecule has 8 heteroatoms. The van der Waals surface area contributed by atoms with E-state index in [1.54, 1.807) is 0 Å². The Morgan fingerprint density at radius 3 is 2.88 bits per heavy atom. The fourth-order valence-corrected chi connectivity index (χ4v) is 2.80. The normalized spacial score (nSPS) is 24.2. The SMILES string of the molecule is CCCCCN=[N+]=[N-].COC(=O)C1=CO[C@@H](O)[C@@H]2C(CO)=CC[C@H]12. The van der Waals surface area contributed by atoms with Gasteiger partial charge in [-0.15, -0.1) is 0 Å². The van der Waals surface area contributed by atoms with E-state index in [0.29, 0.717) is 24.1 Å². The van der Waals surface area contributed by atoms with Crippen LogP contribution in [-0.2, 0) is 14.3 Å². The lowest BCUT2D eigenvalue weighted by Crippen LogP contribution is -2.35. The minimum atomic E-state index is -1.00. The van der Waals surface area contributed by atoms with Crippen molar-refractivity contribution in [1.29, 1.82) is 0 Å². The molecule has 0 aromatic carbocycles. The van der Waals surface area contributed by atoms with Gasteiger partial charge in [0.2, 0.25) is 6.29 Å². The maximum atomic E-state index is 11.5. The summed E-state index contributed by atoms with van der Waals surface area (Å²) in [6.45, 7) is 2.65. The standard InChI is InChI=1S/C11H14O5.C5H11N3/c1-15-10(13)8-5-16-11(14)9-6(4-12)2-3-7(8)9;1-2-3-4-5-7-8-6/h2,5,7,9,11-12,14H,3-4H2,1H3;2-5H2,1H3/t7-,9-,11-;/m1./s1. The lowest BCUT2D eigenvalue weighted by atomic mass is 9.83. The number of aliphatic hydroxyl groups excluding tert-OH is 2. The van der Waals surface area contributed by atoms with Gasteiger partial charge >= 0.3 is 5.97 Å². The molecule has 24 heavy (non-hydrogen) atoms. The molecule has 2 aliphatic rings. The van der Waals surface area contributed by atoms with Crippen LogP contribution in [0.1, 0.15) is 32.6 Å². The zero-order valence-electron chi connectivity index (χ0n) is 14.1. The van der Waals surface area contributed by atoms with E-state index in [0.717, 1.165) is 6.42 Å². The van der Waals surface area contributed by atoms with Crippen LogP contribution in [0.25, 0.3) is 10.4 Å². The highest BCUT2D eigenvalue weighted by Crippen LogP contribution is 2.42. The van der Waals surface area contributed by atoms with Gasteiger partial charge in [0.15, 0.2) is 0 Å². The third kappa shape index (κ3) is 5.26. The number of hydrogen-bond donors (Lipinski definition) is 2.